The van der Waals surface area contributed by atoms with Crippen molar-refractivity contribution < 1.29 is 4.74 Å². The minimum absolute atomic E-state index is 0.0779. The fourth-order valence-corrected chi connectivity index (χ4v) is 1.98. The van der Waals surface area contributed by atoms with Crippen LogP contribution in [0.2, 0.25) is 0 Å². The zero-order valence-electron chi connectivity index (χ0n) is 9.83. The van der Waals surface area contributed by atoms with E-state index in [0.29, 0.717) is 6.61 Å². The summed E-state index contributed by atoms with van der Waals surface area (Å²) in [4.78, 5) is 1.29. The SMILES string of the molecule is Cc1cc(C(COC(C)(C)C)NN)cs1. The molecular formula is C11H20N2OS. The number of rotatable bonds is 4. The van der Waals surface area contributed by atoms with E-state index in [0.717, 1.165) is 0 Å². The van der Waals surface area contributed by atoms with Crippen LogP contribution >= 0.6 is 11.3 Å². The summed E-state index contributed by atoms with van der Waals surface area (Å²) in [6.07, 6.45) is 0. The highest BCUT2D eigenvalue weighted by Gasteiger charge is 2.16. The Kier molecular flexibility index (Phi) is 4.28. The molecule has 1 aromatic heterocycles. The van der Waals surface area contributed by atoms with E-state index >= 15 is 0 Å². The predicted molar refractivity (Wildman–Crippen MR) is 64.8 cm³/mol. The van der Waals surface area contributed by atoms with Crippen molar-refractivity contribution >= 4 is 11.3 Å². The van der Waals surface area contributed by atoms with Crippen LogP contribution in [-0.2, 0) is 4.74 Å². The Morgan fingerprint density at radius 2 is 2.20 bits per heavy atom. The van der Waals surface area contributed by atoms with Crippen LogP contribution in [0.5, 0.6) is 0 Å². The van der Waals surface area contributed by atoms with Gasteiger partial charge in [-0.2, -0.15) is 0 Å². The average molecular weight is 228 g/mol. The molecule has 86 valence electrons. The van der Waals surface area contributed by atoms with Crippen LogP contribution in [0, 0.1) is 6.92 Å². The minimum atomic E-state index is -0.125. The number of nitrogens with two attached hydrogens (primary N) is 1. The lowest BCUT2D eigenvalue weighted by Crippen LogP contribution is -2.34. The minimum Gasteiger partial charge on any atom is -0.374 e. The van der Waals surface area contributed by atoms with E-state index in [-0.39, 0.29) is 11.6 Å². The second kappa shape index (κ2) is 5.07. The van der Waals surface area contributed by atoms with Crippen molar-refractivity contribution in [2.75, 3.05) is 6.61 Å². The maximum atomic E-state index is 5.71. The predicted octanol–water partition coefficient (Wildman–Crippen LogP) is 2.38. The molecule has 0 aliphatic rings. The molecule has 15 heavy (non-hydrogen) atoms. The van der Waals surface area contributed by atoms with Crippen molar-refractivity contribution in [3.63, 3.8) is 0 Å². The Labute approximate surface area is 95.6 Å². The monoisotopic (exact) mass is 228 g/mol. The van der Waals surface area contributed by atoms with E-state index in [2.05, 4.69) is 23.8 Å². The molecule has 1 heterocycles. The normalized spacial score (nSPS) is 14.2. The van der Waals surface area contributed by atoms with Crippen molar-refractivity contribution in [1.82, 2.24) is 5.43 Å². The summed E-state index contributed by atoms with van der Waals surface area (Å²) in [7, 11) is 0. The van der Waals surface area contributed by atoms with Crippen LogP contribution in [-0.4, -0.2) is 12.2 Å². The molecule has 0 radical (unpaired) electrons. The van der Waals surface area contributed by atoms with E-state index in [1.807, 2.05) is 20.8 Å². The summed E-state index contributed by atoms with van der Waals surface area (Å²) < 4.78 is 5.71. The third kappa shape index (κ3) is 4.30. The van der Waals surface area contributed by atoms with E-state index in [1.54, 1.807) is 11.3 Å². The molecule has 1 unspecified atom stereocenters. The second-order valence-electron chi connectivity index (χ2n) is 4.63. The molecule has 0 aromatic carbocycles. The number of ether oxygens (including phenoxy) is 1. The lowest BCUT2D eigenvalue weighted by Gasteiger charge is -2.23. The molecule has 0 amide bonds. The van der Waals surface area contributed by atoms with Gasteiger partial charge in [0.25, 0.3) is 0 Å². The van der Waals surface area contributed by atoms with Gasteiger partial charge < -0.3 is 4.74 Å². The van der Waals surface area contributed by atoms with Gasteiger partial charge in [-0.25, -0.2) is 0 Å². The summed E-state index contributed by atoms with van der Waals surface area (Å²) in [5.74, 6) is 5.52. The fraction of sp³-hybridized carbons (Fsp3) is 0.636. The van der Waals surface area contributed by atoms with Crippen LogP contribution in [0.4, 0.5) is 0 Å². The maximum absolute atomic E-state index is 5.71. The van der Waals surface area contributed by atoms with Gasteiger partial charge in [0.05, 0.1) is 18.2 Å². The third-order valence-corrected chi connectivity index (χ3v) is 2.92. The van der Waals surface area contributed by atoms with Crippen molar-refractivity contribution in [3.8, 4) is 0 Å². The third-order valence-electron chi connectivity index (χ3n) is 2.04. The zero-order valence-corrected chi connectivity index (χ0v) is 10.6. The first kappa shape index (κ1) is 12.6. The first-order valence-corrected chi connectivity index (χ1v) is 5.95. The number of hydrogen-bond acceptors (Lipinski definition) is 4. The Bertz CT molecular complexity index is 304. The van der Waals surface area contributed by atoms with Crippen LogP contribution in [0.3, 0.4) is 0 Å². The smallest absolute Gasteiger partial charge is 0.0702 e. The molecule has 0 spiro atoms. The lowest BCUT2D eigenvalue weighted by atomic mass is 10.1. The summed E-state index contributed by atoms with van der Waals surface area (Å²) in [6, 6.07) is 2.22. The molecule has 0 saturated carbocycles. The topological polar surface area (TPSA) is 47.3 Å². The first-order valence-electron chi connectivity index (χ1n) is 5.07. The Morgan fingerprint density at radius 1 is 1.53 bits per heavy atom. The van der Waals surface area contributed by atoms with Gasteiger partial charge in [-0.05, 0) is 44.7 Å². The number of aryl methyl sites for hydroxylation is 1. The Hall–Kier alpha value is -0.420. The standard InChI is InChI=1S/C11H20N2OS/c1-8-5-9(7-15-8)10(13-12)6-14-11(2,3)4/h5,7,10,13H,6,12H2,1-4H3. The molecule has 4 heteroatoms. The van der Waals surface area contributed by atoms with Gasteiger partial charge in [0.15, 0.2) is 0 Å². The first-order chi connectivity index (χ1) is 6.92. The molecular weight excluding hydrogens is 208 g/mol. The average Bonchev–Trinajstić information content (AvgIpc) is 2.51. The number of thiophene rings is 1. The summed E-state index contributed by atoms with van der Waals surface area (Å²) >= 11 is 1.73. The highest BCUT2D eigenvalue weighted by molar-refractivity contribution is 7.10. The van der Waals surface area contributed by atoms with Gasteiger partial charge >= 0.3 is 0 Å². The Balaban J connectivity index is 2.57. The molecule has 0 aliphatic carbocycles. The van der Waals surface area contributed by atoms with Gasteiger partial charge in [0.2, 0.25) is 0 Å². The molecule has 0 aliphatic heterocycles. The summed E-state index contributed by atoms with van der Waals surface area (Å²) in [5.41, 5.74) is 3.86. The van der Waals surface area contributed by atoms with E-state index in [1.165, 1.54) is 10.4 Å². The summed E-state index contributed by atoms with van der Waals surface area (Å²) in [6.45, 7) is 8.81. The van der Waals surface area contributed by atoms with E-state index < -0.39 is 0 Å². The van der Waals surface area contributed by atoms with Gasteiger partial charge in [0.1, 0.15) is 0 Å². The molecule has 0 bridgehead atoms. The van der Waals surface area contributed by atoms with Crippen molar-refractivity contribution in [3.05, 3.63) is 21.9 Å². The zero-order chi connectivity index (χ0) is 11.5. The summed E-state index contributed by atoms with van der Waals surface area (Å²) in [5, 5.41) is 2.12. The largest absolute Gasteiger partial charge is 0.374 e. The van der Waals surface area contributed by atoms with Crippen LogP contribution < -0.4 is 11.3 Å². The molecule has 3 nitrogen and oxygen atoms in total. The van der Waals surface area contributed by atoms with Crippen LogP contribution in [0.25, 0.3) is 0 Å². The number of nitrogens with one attached hydrogen (secondary N) is 1. The van der Waals surface area contributed by atoms with Crippen molar-refractivity contribution in [1.29, 1.82) is 0 Å². The molecule has 1 aromatic rings. The van der Waals surface area contributed by atoms with Gasteiger partial charge in [0, 0.05) is 4.88 Å². The lowest BCUT2D eigenvalue weighted by molar-refractivity contribution is -0.0147. The number of hydrazine groups is 1. The second-order valence-corrected chi connectivity index (χ2v) is 5.75. The van der Waals surface area contributed by atoms with Crippen LogP contribution in [0.15, 0.2) is 11.4 Å². The highest BCUT2D eigenvalue weighted by atomic mass is 32.1. The highest BCUT2D eigenvalue weighted by Crippen LogP contribution is 2.21. The van der Waals surface area contributed by atoms with Gasteiger partial charge in [-0.15, -0.1) is 11.3 Å². The van der Waals surface area contributed by atoms with Crippen LogP contribution in [0.1, 0.15) is 37.3 Å². The fourth-order valence-electron chi connectivity index (χ4n) is 1.22. The van der Waals surface area contributed by atoms with Crippen molar-refractivity contribution in [2.24, 2.45) is 5.84 Å². The van der Waals surface area contributed by atoms with Gasteiger partial charge in [-0.1, -0.05) is 0 Å². The molecule has 3 N–H and O–H groups in total. The van der Waals surface area contributed by atoms with E-state index in [9.17, 15) is 0 Å². The number of hydrogen-bond donors (Lipinski definition) is 2. The maximum Gasteiger partial charge on any atom is 0.0702 e. The molecule has 1 atom stereocenters. The molecule has 0 fully saturated rings. The quantitative estimate of drug-likeness (QED) is 0.614. The Morgan fingerprint density at radius 3 is 2.60 bits per heavy atom. The van der Waals surface area contributed by atoms with E-state index in [4.69, 9.17) is 10.6 Å². The van der Waals surface area contributed by atoms with Gasteiger partial charge in [-0.3, -0.25) is 11.3 Å². The molecule has 0 saturated heterocycles. The molecule has 1 rings (SSSR count). The van der Waals surface area contributed by atoms with Crippen molar-refractivity contribution in [2.45, 2.75) is 39.3 Å².